The summed E-state index contributed by atoms with van der Waals surface area (Å²) >= 11 is 6.40. The molecule has 0 fully saturated rings. The number of rotatable bonds is 10. The Kier molecular flexibility index (Phi) is 8.89. The monoisotopic (exact) mass is 477 g/mol. The van der Waals surface area contributed by atoms with E-state index in [0.29, 0.717) is 29.2 Å². The molecule has 0 aliphatic rings. The number of anilines is 1. The lowest BCUT2D eigenvalue weighted by atomic mass is 10.1. The van der Waals surface area contributed by atoms with Gasteiger partial charge >= 0.3 is 0 Å². The zero-order valence-corrected chi connectivity index (χ0v) is 19.6. The standard InChI is InChI=1S/C26H24ClN3O4/c1-3-32-24-13-19(15-29-34-16-21-7-5-4-6-20(21)14-28)12-23(27)26(24)33-17-25(31)30-22-10-8-18(2)9-11-22/h4-13,15H,3,16-17H2,1-2H3,(H,30,31)/b29-15-. The first-order valence-corrected chi connectivity index (χ1v) is 11.0. The number of carbonyl (C=O) groups excluding carboxylic acids is 1. The Morgan fingerprint density at radius 2 is 1.91 bits per heavy atom. The van der Waals surface area contributed by atoms with E-state index in [4.69, 9.17) is 31.2 Å². The Hall–Kier alpha value is -4.02. The molecule has 0 aliphatic heterocycles. The minimum atomic E-state index is -0.320. The molecule has 0 saturated heterocycles. The van der Waals surface area contributed by atoms with E-state index in [-0.39, 0.29) is 29.9 Å². The normalized spacial score (nSPS) is 10.5. The summed E-state index contributed by atoms with van der Waals surface area (Å²) in [5.41, 5.74) is 3.68. The predicted octanol–water partition coefficient (Wildman–Crippen LogP) is 5.49. The summed E-state index contributed by atoms with van der Waals surface area (Å²) in [6.45, 7) is 4.11. The highest BCUT2D eigenvalue weighted by Gasteiger charge is 2.14. The number of hydrogen-bond acceptors (Lipinski definition) is 6. The highest BCUT2D eigenvalue weighted by Crippen LogP contribution is 2.36. The van der Waals surface area contributed by atoms with Crippen molar-refractivity contribution in [3.05, 3.63) is 87.9 Å². The van der Waals surface area contributed by atoms with Gasteiger partial charge in [-0.25, -0.2) is 0 Å². The fourth-order valence-corrected chi connectivity index (χ4v) is 3.27. The number of ether oxygens (including phenoxy) is 2. The van der Waals surface area contributed by atoms with Crippen LogP contribution in [0.25, 0.3) is 0 Å². The van der Waals surface area contributed by atoms with Crippen LogP contribution in [0.15, 0.2) is 65.8 Å². The van der Waals surface area contributed by atoms with Crippen LogP contribution in [0.2, 0.25) is 5.02 Å². The molecule has 3 rings (SSSR count). The molecular weight excluding hydrogens is 454 g/mol. The third kappa shape index (κ3) is 6.99. The van der Waals surface area contributed by atoms with Gasteiger partial charge in [0.05, 0.1) is 29.5 Å². The van der Waals surface area contributed by atoms with Crippen molar-refractivity contribution >= 4 is 29.4 Å². The molecule has 34 heavy (non-hydrogen) atoms. The van der Waals surface area contributed by atoms with Gasteiger partial charge in [0.1, 0.15) is 6.61 Å². The number of carbonyl (C=O) groups is 1. The second-order valence-electron chi connectivity index (χ2n) is 7.24. The largest absolute Gasteiger partial charge is 0.490 e. The Bertz CT molecular complexity index is 1200. The third-order valence-corrected chi connectivity index (χ3v) is 4.93. The van der Waals surface area contributed by atoms with Gasteiger partial charge in [-0.1, -0.05) is 52.7 Å². The number of amides is 1. The topological polar surface area (TPSA) is 92.9 Å². The summed E-state index contributed by atoms with van der Waals surface area (Å²) in [7, 11) is 0. The first-order chi connectivity index (χ1) is 16.5. The maximum Gasteiger partial charge on any atom is 0.262 e. The molecule has 3 aromatic rings. The molecule has 0 aromatic heterocycles. The summed E-state index contributed by atoms with van der Waals surface area (Å²) in [6.07, 6.45) is 1.48. The van der Waals surface area contributed by atoms with Gasteiger partial charge in [0.2, 0.25) is 0 Å². The smallest absolute Gasteiger partial charge is 0.262 e. The van der Waals surface area contributed by atoms with Crippen LogP contribution in [-0.2, 0) is 16.2 Å². The fourth-order valence-electron chi connectivity index (χ4n) is 3.00. The average Bonchev–Trinajstić information content (AvgIpc) is 2.83. The molecule has 0 atom stereocenters. The maximum absolute atomic E-state index is 12.3. The van der Waals surface area contributed by atoms with Gasteiger partial charge < -0.3 is 19.6 Å². The first-order valence-electron chi connectivity index (χ1n) is 10.6. The fraction of sp³-hybridized carbons (Fsp3) is 0.192. The highest BCUT2D eigenvalue weighted by atomic mass is 35.5. The van der Waals surface area contributed by atoms with E-state index in [0.717, 1.165) is 11.1 Å². The number of oxime groups is 1. The highest BCUT2D eigenvalue weighted by molar-refractivity contribution is 6.32. The van der Waals surface area contributed by atoms with Crippen molar-refractivity contribution in [1.29, 1.82) is 5.26 Å². The van der Waals surface area contributed by atoms with Crippen molar-refractivity contribution in [3.63, 3.8) is 0 Å². The average molecular weight is 478 g/mol. The van der Waals surface area contributed by atoms with Crippen molar-refractivity contribution in [2.24, 2.45) is 5.16 Å². The van der Waals surface area contributed by atoms with E-state index in [9.17, 15) is 4.79 Å². The van der Waals surface area contributed by atoms with Crippen molar-refractivity contribution < 1.29 is 19.1 Å². The van der Waals surface area contributed by atoms with Gasteiger partial charge in [-0.2, -0.15) is 5.26 Å². The van der Waals surface area contributed by atoms with E-state index >= 15 is 0 Å². The van der Waals surface area contributed by atoms with Crippen molar-refractivity contribution in [1.82, 2.24) is 0 Å². The molecule has 0 radical (unpaired) electrons. The summed E-state index contributed by atoms with van der Waals surface area (Å²) in [5, 5.41) is 16.1. The van der Waals surface area contributed by atoms with E-state index in [1.54, 1.807) is 30.3 Å². The molecule has 3 aromatic carbocycles. The number of aryl methyl sites for hydroxylation is 1. The number of hydrogen-bond donors (Lipinski definition) is 1. The van der Waals surface area contributed by atoms with Crippen LogP contribution in [0.1, 0.15) is 29.2 Å². The van der Waals surface area contributed by atoms with Gasteiger partial charge in [-0.05, 0) is 44.2 Å². The van der Waals surface area contributed by atoms with Crippen molar-refractivity contribution in [2.75, 3.05) is 18.5 Å². The lowest BCUT2D eigenvalue weighted by molar-refractivity contribution is -0.118. The SMILES string of the molecule is CCOc1cc(/C=N\OCc2ccccc2C#N)cc(Cl)c1OCC(=O)Nc1ccc(C)cc1. The molecule has 7 nitrogen and oxygen atoms in total. The molecular formula is C26H24ClN3O4. The molecule has 0 aliphatic carbocycles. The van der Waals surface area contributed by atoms with Crippen molar-refractivity contribution in [2.45, 2.75) is 20.5 Å². The molecule has 0 spiro atoms. The molecule has 0 unspecified atom stereocenters. The Labute approximate surface area is 203 Å². The number of nitriles is 1. The number of benzene rings is 3. The van der Waals surface area contributed by atoms with Crippen LogP contribution in [0.5, 0.6) is 11.5 Å². The third-order valence-electron chi connectivity index (χ3n) is 4.65. The van der Waals surface area contributed by atoms with Gasteiger partial charge in [0.25, 0.3) is 5.91 Å². The summed E-state index contributed by atoms with van der Waals surface area (Å²) in [4.78, 5) is 17.6. The van der Waals surface area contributed by atoms with E-state index in [1.807, 2.05) is 44.2 Å². The van der Waals surface area contributed by atoms with Crippen molar-refractivity contribution in [3.8, 4) is 17.6 Å². The predicted molar refractivity (Wildman–Crippen MR) is 131 cm³/mol. The van der Waals surface area contributed by atoms with Gasteiger partial charge in [-0.15, -0.1) is 0 Å². The second-order valence-corrected chi connectivity index (χ2v) is 7.65. The first kappa shape index (κ1) is 24.6. The van der Waals surface area contributed by atoms with Crippen LogP contribution in [0, 0.1) is 18.3 Å². The molecule has 8 heteroatoms. The van der Waals surface area contributed by atoms with E-state index in [2.05, 4.69) is 16.5 Å². The Morgan fingerprint density at radius 1 is 1.15 bits per heavy atom. The second kappa shape index (κ2) is 12.3. The van der Waals surface area contributed by atoms with Gasteiger partial charge in [0.15, 0.2) is 18.1 Å². The molecule has 0 saturated carbocycles. The Balaban J connectivity index is 1.63. The molecule has 1 N–H and O–H groups in total. The minimum Gasteiger partial charge on any atom is -0.490 e. The minimum absolute atomic E-state index is 0.156. The lowest BCUT2D eigenvalue weighted by Crippen LogP contribution is -2.20. The van der Waals surface area contributed by atoms with E-state index in [1.165, 1.54) is 6.21 Å². The van der Waals surface area contributed by atoms with E-state index < -0.39 is 0 Å². The zero-order chi connectivity index (χ0) is 24.3. The Morgan fingerprint density at radius 3 is 2.65 bits per heavy atom. The van der Waals surface area contributed by atoms with Crippen LogP contribution in [-0.4, -0.2) is 25.3 Å². The number of nitrogens with one attached hydrogen (secondary N) is 1. The van der Waals surface area contributed by atoms with Crippen LogP contribution in [0.3, 0.4) is 0 Å². The summed E-state index contributed by atoms with van der Waals surface area (Å²) in [6, 6.07) is 20.0. The van der Waals surface area contributed by atoms with Gasteiger partial charge in [-0.3, -0.25) is 4.79 Å². The van der Waals surface area contributed by atoms with Gasteiger partial charge in [0, 0.05) is 16.8 Å². The quantitative estimate of drug-likeness (QED) is 0.308. The van der Waals surface area contributed by atoms with Crippen LogP contribution >= 0.6 is 11.6 Å². The number of nitrogens with zero attached hydrogens (tertiary/aromatic N) is 2. The lowest BCUT2D eigenvalue weighted by Gasteiger charge is -2.14. The molecule has 174 valence electrons. The molecule has 0 bridgehead atoms. The molecule has 0 heterocycles. The summed E-state index contributed by atoms with van der Waals surface area (Å²) < 4.78 is 11.3. The van der Waals surface area contributed by atoms with Crippen LogP contribution < -0.4 is 14.8 Å². The van der Waals surface area contributed by atoms with Crippen LogP contribution in [0.4, 0.5) is 5.69 Å². The zero-order valence-electron chi connectivity index (χ0n) is 18.9. The maximum atomic E-state index is 12.3. The molecule has 1 amide bonds. The number of halogens is 1. The summed E-state index contributed by atoms with van der Waals surface area (Å²) in [5.74, 6) is 0.331.